The number of thiol groups is 2. The van der Waals surface area contributed by atoms with Crippen LogP contribution in [0.25, 0.3) is 0 Å². The van der Waals surface area contributed by atoms with Crippen molar-refractivity contribution in [1.82, 2.24) is 12.3 Å². The Morgan fingerprint density at radius 2 is 0.571 bits per heavy atom. The third-order valence-electron chi connectivity index (χ3n) is 0. The van der Waals surface area contributed by atoms with Crippen molar-refractivity contribution >= 4 is 54.0 Å². The van der Waals surface area contributed by atoms with Crippen LogP contribution >= 0.6 is 0 Å². The first-order valence-electron chi connectivity index (χ1n) is 0. The molecule has 0 aliphatic carbocycles. The Morgan fingerprint density at radius 1 is 0.571 bits per heavy atom. The zero-order chi connectivity index (χ0) is 0. The molecule has 8 N–H and O–H groups in total. The van der Waals surface area contributed by atoms with Crippen LogP contribution in [0.1, 0.15) is 0 Å². The quantitative estimate of drug-likeness (QED) is 0.372. The molecule has 0 radical (unpaired) electrons. The molecular weight excluding hydrogens is 252 g/mol. The van der Waals surface area contributed by atoms with E-state index < -0.39 is 0 Å². The number of rotatable bonds is 0. The average Bonchev–Trinajstić information content (AvgIpc) is 0. The van der Waals surface area contributed by atoms with Crippen LogP contribution in [-0.2, 0) is 75.0 Å². The Balaban J connectivity index is 0. The normalized spacial score (nSPS) is 0. The fourth-order valence-corrected chi connectivity index (χ4v) is 0. The van der Waals surface area contributed by atoms with Gasteiger partial charge in [-0.3, -0.25) is 0 Å². The van der Waals surface area contributed by atoms with Crippen molar-refractivity contribution in [3.05, 3.63) is 0 Å². The van der Waals surface area contributed by atoms with Gasteiger partial charge in [0.1, 0.15) is 0 Å². The molecule has 0 heterocycles. The van der Waals surface area contributed by atoms with Gasteiger partial charge in [-0.05, 0) is 0 Å². The molecule has 0 atom stereocenters. The maximum atomic E-state index is 0. The topological polar surface area (TPSA) is 73.0 Å². The van der Waals surface area contributed by atoms with Crippen molar-refractivity contribution in [2.75, 3.05) is 0 Å². The zero-order valence-electron chi connectivity index (χ0n) is 4.12. The molecule has 0 rings (SSSR count). The van der Waals surface area contributed by atoms with E-state index in [-0.39, 0.29) is 87.3 Å². The van der Waals surface area contributed by atoms with Gasteiger partial charge in [-0.25, -0.2) is 0 Å². The number of quaternary nitrogens is 2. The van der Waals surface area contributed by atoms with Crippen molar-refractivity contribution in [3.63, 3.8) is 0 Å². The van der Waals surface area contributed by atoms with E-state index in [4.69, 9.17) is 0 Å². The SMILES string of the molecule is [Mo+4].[NH4+].[NH4+].[S-2].[S-2].[SH-].[SH-]. The van der Waals surface area contributed by atoms with Crippen molar-refractivity contribution in [2.24, 2.45) is 0 Å². The van der Waals surface area contributed by atoms with Gasteiger partial charge in [0.25, 0.3) is 0 Å². The van der Waals surface area contributed by atoms with Gasteiger partial charge >= 0.3 is 21.1 Å². The second kappa shape index (κ2) is 97.5. The Kier molecular flexibility index (Phi) is 2000. The summed E-state index contributed by atoms with van der Waals surface area (Å²) in [7, 11) is 0. The van der Waals surface area contributed by atoms with Crippen LogP contribution in [0.4, 0.5) is 0 Å². The van der Waals surface area contributed by atoms with Crippen LogP contribution in [0.5, 0.6) is 0 Å². The molecule has 7 heavy (non-hydrogen) atoms. The van der Waals surface area contributed by atoms with Gasteiger partial charge in [-0.2, -0.15) is 0 Å². The van der Waals surface area contributed by atoms with E-state index in [1.165, 1.54) is 0 Å². The standard InChI is InChI=1S/Mo.2H3N.2H2S.2S/h;2*1H3;2*1H2;;/q+4;;;;;2*-2. The van der Waals surface area contributed by atoms with E-state index in [9.17, 15) is 0 Å². The number of hydrogen-bond donors (Lipinski definition) is 2. The summed E-state index contributed by atoms with van der Waals surface area (Å²) in [6.07, 6.45) is 0. The summed E-state index contributed by atoms with van der Waals surface area (Å²) in [6.45, 7) is 0. The Hall–Kier alpha value is 2.01. The summed E-state index contributed by atoms with van der Waals surface area (Å²) >= 11 is 0. The molecule has 0 aromatic carbocycles. The molecule has 0 aromatic heterocycles. The van der Waals surface area contributed by atoms with E-state index >= 15 is 0 Å². The third kappa shape index (κ3) is 71.7. The van der Waals surface area contributed by atoms with Gasteiger partial charge in [-0.1, -0.05) is 0 Å². The van der Waals surface area contributed by atoms with Gasteiger partial charge in [0.05, 0.1) is 0 Å². The summed E-state index contributed by atoms with van der Waals surface area (Å²) < 4.78 is 0. The summed E-state index contributed by atoms with van der Waals surface area (Å²) in [4.78, 5) is 0. The van der Waals surface area contributed by atoms with E-state index in [0.717, 1.165) is 0 Å². The largest absolute Gasteiger partial charge is 4.00 e. The van der Waals surface area contributed by atoms with Gasteiger partial charge in [-0.15, -0.1) is 0 Å². The maximum absolute atomic E-state index is 0. The molecule has 0 unspecified atom stereocenters. The average molecular weight is 262 g/mol. The van der Waals surface area contributed by atoms with Crippen LogP contribution in [-0.4, -0.2) is 0 Å². The summed E-state index contributed by atoms with van der Waals surface area (Å²) in [5.41, 5.74) is 0. The summed E-state index contributed by atoms with van der Waals surface area (Å²) in [5, 5.41) is 0. The van der Waals surface area contributed by atoms with Gasteiger partial charge in [0, 0.05) is 0 Å². The van der Waals surface area contributed by atoms with Gasteiger partial charge in [0.15, 0.2) is 0 Å². The van der Waals surface area contributed by atoms with E-state index in [1.54, 1.807) is 0 Å². The fourth-order valence-electron chi connectivity index (χ4n) is 0. The van der Waals surface area contributed by atoms with E-state index in [2.05, 4.69) is 0 Å². The van der Waals surface area contributed by atoms with Crippen molar-refractivity contribution in [3.8, 4) is 0 Å². The second-order valence-electron chi connectivity index (χ2n) is 0. The zero-order valence-corrected chi connectivity index (χ0v) is 9.55. The minimum Gasteiger partial charge on any atom is -2.00 e. The van der Waals surface area contributed by atoms with E-state index in [0.29, 0.717) is 0 Å². The molecule has 7 heteroatoms. The van der Waals surface area contributed by atoms with Crippen LogP contribution < -0.4 is 12.3 Å². The molecule has 50 valence electrons. The van der Waals surface area contributed by atoms with Crippen molar-refractivity contribution < 1.29 is 21.1 Å². The monoisotopic (exact) mass is 264 g/mol. The first kappa shape index (κ1) is 143. The molecule has 2 nitrogen and oxygen atoms in total. The molecule has 0 aliphatic rings. The molecule has 0 saturated heterocycles. The van der Waals surface area contributed by atoms with Crippen molar-refractivity contribution in [2.45, 2.75) is 0 Å². The molecule has 0 fully saturated rings. The van der Waals surface area contributed by atoms with Crippen LogP contribution in [0.2, 0.25) is 0 Å². The van der Waals surface area contributed by atoms with Gasteiger partial charge in [0.2, 0.25) is 0 Å². The Labute approximate surface area is 86.8 Å². The molecule has 0 amide bonds. The smallest absolute Gasteiger partial charge is 2.00 e. The minimum atomic E-state index is 0. The first-order chi connectivity index (χ1) is 0. The van der Waals surface area contributed by atoms with Crippen LogP contribution in [0.15, 0.2) is 0 Å². The predicted octanol–water partition coefficient (Wildman–Crippen LogP) is 0.205. The predicted molar refractivity (Wildman–Crippen MR) is 44.2 cm³/mol. The molecule has 0 aromatic rings. The molecule has 0 bridgehead atoms. The molecule has 0 spiro atoms. The van der Waals surface area contributed by atoms with Crippen LogP contribution in [0.3, 0.4) is 0 Å². The van der Waals surface area contributed by atoms with Crippen LogP contribution in [0, 0.1) is 0 Å². The molecule has 0 aliphatic heterocycles. The minimum absolute atomic E-state index is 0. The maximum Gasteiger partial charge on any atom is 4.00 e. The van der Waals surface area contributed by atoms with Crippen molar-refractivity contribution in [1.29, 1.82) is 0 Å². The number of hydrogen-bond acceptors (Lipinski definition) is 2. The Morgan fingerprint density at radius 3 is 0.571 bits per heavy atom. The first-order valence-corrected chi connectivity index (χ1v) is 0. The summed E-state index contributed by atoms with van der Waals surface area (Å²) in [5.74, 6) is 0. The third-order valence-corrected chi connectivity index (χ3v) is 0. The molecular formula is H10MoN2S4. The fraction of sp³-hybridized carbons (Fsp3) is 0. The second-order valence-corrected chi connectivity index (χ2v) is 0. The van der Waals surface area contributed by atoms with Gasteiger partial charge < -0.3 is 66.3 Å². The Bertz CT molecular complexity index is 9.65. The molecule has 0 saturated carbocycles. The van der Waals surface area contributed by atoms with E-state index in [1.807, 2.05) is 0 Å². The summed E-state index contributed by atoms with van der Waals surface area (Å²) in [6, 6.07) is 0.